The molecule has 2 aliphatic heterocycles. The quantitative estimate of drug-likeness (QED) is 0.724. The largest absolute Gasteiger partial charge is 0.376 e. The van der Waals surface area contributed by atoms with Crippen LogP contribution in [0.15, 0.2) is 0 Å². The smallest absolute Gasteiger partial charge is 0.222 e. The van der Waals surface area contributed by atoms with Crippen molar-refractivity contribution >= 4 is 11.7 Å². The molecule has 1 unspecified atom stereocenters. The van der Waals surface area contributed by atoms with Gasteiger partial charge in [0.1, 0.15) is 5.78 Å². The Morgan fingerprint density at radius 2 is 1.91 bits per heavy atom. The predicted molar refractivity (Wildman–Crippen MR) is 83.7 cm³/mol. The molecule has 0 saturated carbocycles. The molecule has 0 aromatic heterocycles. The van der Waals surface area contributed by atoms with Gasteiger partial charge in [0.2, 0.25) is 5.91 Å². The maximum absolute atomic E-state index is 12.0. The van der Waals surface area contributed by atoms with Crippen molar-refractivity contribution in [2.75, 3.05) is 26.3 Å². The molecule has 2 rings (SSSR count). The number of Topliss-reactive ketones (excluding diaryl/α,β-unsaturated/α-hetero) is 1. The number of nitrogens with zero attached hydrogens (tertiary/aromatic N) is 1. The van der Waals surface area contributed by atoms with Gasteiger partial charge in [0.25, 0.3) is 0 Å². The van der Waals surface area contributed by atoms with Crippen LogP contribution in [0, 0.1) is 0 Å². The molecule has 0 aliphatic carbocycles. The lowest BCUT2D eigenvalue weighted by Gasteiger charge is -2.33. The van der Waals surface area contributed by atoms with Crippen LogP contribution in [-0.2, 0) is 19.1 Å². The Bertz CT molecular complexity index is 358. The molecule has 5 heteroatoms. The minimum atomic E-state index is 0.157. The number of ketones is 1. The summed E-state index contributed by atoms with van der Waals surface area (Å²) in [6, 6.07) is 0. The van der Waals surface area contributed by atoms with Crippen LogP contribution >= 0.6 is 0 Å². The van der Waals surface area contributed by atoms with Crippen LogP contribution < -0.4 is 0 Å². The normalized spacial score (nSPS) is 23.5. The monoisotopic (exact) mass is 311 g/mol. The second-order valence-electron chi connectivity index (χ2n) is 6.46. The molecule has 2 aliphatic rings. The van der Waals surface area contributed by atoms with Crippen LogP contribution in [0.1, 0.15) is 58.3 Å². The molecule has 0 aromatic carbocycles. The average molecular weight is 311 g/mol. The lowest BCUT2D eigenvalue weighted by atomic mass is 10.1. The molecule has 0 N–H and O–H groups in total. The molecule has 2 heterocycles. The van der Waals surface area contributed by atoms with E-state index in [1.165, 1.54) is 12.8 Å². The number of amides is 1. The highest BCUT2D eigenvalue weighted by molar-refractivity contribution is 5.78. The van der Waals surface area contributed by atoms with Crippen LogP contribution in [0.3, 0.4) is 0 Å². The summed E-state index contributed by atoms with van der Waals surface area (Å²) in [5.74, 6) is 0.333. The molecule has 22 heavy (non-hydrogen) atoms. The number of hydrogen-bond acceptors (Lipinski definition) is 4. The van der Waals surface area contributed by atoms with Crippen molar-refractivity contribution in [2.24, 2.45) is 0 Å². The first-order chi connectivity index (χ1) is 10.6. The van der Waals surface area contributed by atoms with Gasteiger partial charge in [-0.05, 0) is 45.4 Å². The van der Waals surface area contributed by atoms with E-state index in [-0.39, 0.29) is 23.9 Å². The lowest BCUT2D eigenvalue weighted by Crippen LogP contribution is -2.41. The van der Waals surface area contributed by atoms with Gasteiger partial charge in [-0.3, -0.25) is 4.79 Å². The van der Waals surface area contributed by atoms with Crippen molar-refractivity contribution in [3.63, 3.8) is 0 Å². The average Bonchev–Trinajstić information content (AvgIpc) is 2.54. The van der Waals surface area contributed by atoms with Crippen LogP contribution in [-0.4, -0.2) is 55.1 Å². The summed E-state index contributed by atoms with van der Waals surface area (Å²) < 4.78 is 11.6. The first-order valence-electron chi connectivity index (χ1n) is 8.65. The Morgan fingerprint density at radius 1 is 1.14 bits per heavy atom. The minimum Gasteiger partial charge on any atom is -0.376 e. The van der Waals surface area contributed by atoms with Gasteiger partial charge >= 0.3 is 0 Å². The fourth-order valence-corrected chi connectivity index (χ4v) is 3.10. The van der Waals surface area contributed by atoms with Crippen molar-refractivity contribution in [1.29, 1.82) is 0 Å². The van der Waals surface area contributed by atoms with Gasteiger partial charge < -0.3 is 19.2 Å². The van der Waals surface area contributed by atoms with E-state index in [1.807, 2.05) is 4.90 Å². The molecule has 2 saturated heterocycles. The predicted octanol–water partition coefficient (Wildman–Crippen LogP) is 2.32. The maximum Gasteiger partial charge on any atom is 0.222 e. The van der Waals surface area contributed by atoms with Crippen LogP contribution in [0.25, 0.3) is 0 Å². The van der Waals surface area contributed by atoms with Crippen molar-refractivity contribution < 1.29 is 19.1 Å². The third kappa shape index (κ3) is 6.05. The molecular formula is C17H29NO4. The number of likely N-dealkylation sites (tertiary alicyclic amines) is 1. The molecule has 1 atom stereocenters. The summed E-state index contributed by atoms with van der Waals surface area (Å²) in [4.78, 5) is 24.9. The summed E-state index contributed by atoms with van der Waals surface area (Å²) in [5, 5.41) is 0. The minimum absolute atomic E-state index is 0.157. The molecule has 1 amide bonds. The van der Waals surface area contributed by atoms with Crippen LogP contribution in [0.4, 0.5) is 0 Å². The van der Waals surface area contributed by atoms with E-state index < -0.39 is 0 Å². The Labute approximate surface area is 133 Å². The molecule has 2 fully saturated rings. The molecule has 5 nitrogen and oxygen atoms in total. The Hall–Kier alpha value is -0.940. The summed E-state index contributed by atoms with van der Waals surface area (Å²) in [5.41, 5.74) is 0. The van der Waals surface area contributed by atoms with Gasteiger partial charge in [-0.25, -0.2) is 0 Å². The van der Waals surface area contributed by atoms with Crippen molar-refractivity contribution in [2.45, 2.75) is 70.5 Å². The Kier molecular flexibility index (Phi) is 7.33. The van der Waals surface area contributed by atoms with Crippen molar-refractivity contribution in [3.05, 3.63) is 0 Å². The van der Waals surface area contributed by atoms with E-state index in [4.69, 9.17) is 9.47 Å². The van der Waals surface area contributed by atoms with Gasteiger partial charge in [0, 0.05) is 32.5 Å². The fourth-order valence-electron chi connectivity index (χ4n) is 3.10. The first kappa shape index (κ1) is 17.4. The van der Waals surface area contributed by atoms with Gasteiger partial charge in [0.05, 0.1) is 18.8 Å². The molecular weight excluding hydrogens is 282 g/mol. The van der Waals surface area contributed by atoms with Crippen LogP contribution in [0.5, 0.6) is 0 Å². The number of carbonyl (C=O) groups excluding carboxylic acids is 2. The first-order valence-corrected chi connectivity index (χ1v) is 8.65. The fraction of sp³-hybridized carbons (Fsp3) is 0.882. The summed E-state index contributed by atoms with van der Waals surface area (Å²) in [7, 11) is 0. The second kappa shape index (κ2) is 9.26. The molecule has 0 bridgehead atoms. The van der Waals surface area contributed by atoms with Crippen LogP contribution in [0.2, 0.25) is 0 Å². The zero-order valence-corrected chi connectivity index (χ0v) is 13.7. The standard InChI is InChI=1S/C17H29NO4/c1-14(19)5-4-7-17(20)18-10-8-15(9-11-18)22-13-16-6-2-3-12-21-16/h15-16H,2-13H2,1H3. The lowest BCUT2D eigenvalue weighted by molar-refractivity contribution is -0.135. The third-order valence-corrected chi connectivity index (χ3v) is 4.51. The summed E-state index contributed by atoms with van der Waals surface area (Å²) in [6.07, 6.45) is 7.51. The Morgan fingerprint density at radius 3 is 2.55 bits per heavy atom. The summed E-state index contributed by atoms with van der Waals surface area (Å²) in [6.45, 7) is 4.67. The van der Waals surface area contributed by atoms with E-state index in [0.29, 0.717) is 25.9 Å². The van der Waals surface area contributed by atoms with E-state index in [2.05, 4.69) is 0 Å². The number of piperidine rings is 1. The van der Waals surface area contributed by atoms with E-state index >= 15 is 0 Å². The molecule has 0 aromatic rings. The van der Waals surface area contributed by atoms with Gasteiger partial charge in [0.15, 0.2) is 0 Å². The number of rotatable bonds is 7. The van der Waals surface area contributed by atoms with Gasteiger partial charge in [-0.15, -0.1) is 0 Å². The SMILES string of the molecule is CC(=O)CCCC(=O)N1CCC(OCC2CCCCO2)CC1. The summed E-state index contributed by atoms with van der Waals surface area (Å²) >= 11 is 0. The molecule has 126 valence electrons. The van der Waals surface area contributed by atoms with Crippen molar-refractivity contribution in [3.8, 4) is 0 Å². The zero-order chi connectivity index (χ0) is 15.8. The van der Waals surface area contributed by atoms with Crippen molar-refractivity contribution in [1.82, 2.24) is 4.90 Å². The van der Waals surface area contributed by atoms with Gasteiger partial charge in [-0.1, -0.05) is 0 Å². The maximum atomic E-state index is 12.0. The third-order valence-electron chi connectivity index (χ3n) is 4.51. The topological polar surface area (TPSA) is 55.8 Å². The number of ether oxygens (including phenoxy) is 2. The zero-order valence-electron chi connectivity index (χ0n) is 13.7. The van der Waals surface area contributed by atoms with Gasteiger partial charge in [-0.2, -0.15) is 0 Å². The number of carbonyl (C=O) groups is 2. The van der Waals surface area contributed by atoms with E-state index in [1.54, 1.807) is 6.92 Å². The second-order valence-corrected chi connectivity index (χ2v) is 6.46. The highest BCUT2D eigenvalue weighted by Crippen LogP contribution is 2.18. The van der Waals surface area contributed by atoms with E-state index in [9.17, 15) is 9.59 Å². The molecule has 0 radical (unpaired) electrons. The molecule has 0 spiro atoms. The highest BCUT2D eigenvalue weighted by Gasteiger charge is 2.24. The Balaban J connectivity index is 1.58. The highest BCUT2D eigenvalue weighted by atomic mass is 16.5. The number of hydrogen-bond donors (Lipinski definition) is 0. The van der Waals surface area contributed by atoms with E-state index in [0.717, 1.165) is 39.0 Å².